The number of furan rings is 1. The molecule has 3 aromatic carbocycles. The van der Waals surface area contributed by atoms with Gasteiger partial charge in [-0.3, -0.25) is 4.79 Å². The molecule has 2 atom stereocenters. The number of rotatable bonds is 11. The van der Waals surface area contributed by atoms with Gasteiger partial charge in [-0.15, -0.1) is 0 Å². The van der Waals surface area contributed by atoms with Crippen LogP contribution in [0.5, 0.6) is 0 Å². The van der Waals surface area contributed by atoms with Crippen molar-refractivity contribution in [2.75, 3.05) is 19.1 Å². The number of carbonyl (C=O) groups is 2. The minimum Gasteiger partial charge on any atom is -0.480 e. The molecule has 2 unspecified atom stereocenters. The van der Waals surface area contributed by atoms with E-state index in [1.807, 2.05) is 79.9 Å². The van der Waals surface area contributed by atoms with Gasteiger partial charge >= 0.3 is 5.97 Å². The van der Waals surface area contributed by atoms with Crippen molar-refractivity contribution in [3.05, 3.63) is 107 Å². The van der Waals surface area contributed by atoms with Gasteiger partial charge in [0.05, 0.1) is 6.26 Å². The minimum absolute atomic E-state index is 0.331. The highest BCUT2D eigenvalue weighted by molar-refractivity contribution is 7.98. The molecule has 2 N–H and O–H groups in total. The summed E-state index contributed by atoms with van der Waals surface area (Å²) in [5.74, 6) is -0.258. The van der Waals surface area contributed by atoms with E-state index in [4.69, 9.17) is 20.8 Å². The number of halogens is 1. The van der Waals surface area contributed by atoms with Gasteiger partial charge in [0.2, 0.25) is 0 Å². The number of ether oxygens (including phenoxy) is 1. The zero-order valence-electron chi connectivity index (χ0n) is 21.9. The van der Waals surface area contributed by atoms with E-state index in [1.165, 1.54) is 11.8 Å². The fraction of sp³-hybridized carbons (Fsp3) is 0.226. The van der Waals surface area contributed by atoms with Gasteiger partial charge in [0.15, 0.2) is 0 Å². The molecule has 0 saturated carbocycles. The van der Waals surface area contributed by atoms with Crippen LogP contribution in [0.3, 0.4) is 0 Å². The zero-order valence-corrected chi connectivity index (χ0v) is 23.5. The molecule has 0 spiro atoms. The lowest BCUT2D eigenvalue weighted by Gasteiger charge is -2.20. The van der Waals surface area contributed by atoms with E-state index < -0.39 is 24.0 Å². The molecule has 39 heavy (non-hydrogen) atoms. The van der Waals surface area contributed by atoms with Crippen molar-refractivity contribution in [3.63, 3.8) is 0 Å². The van der Waals surface area contributed by atoms with Gasteiger partial charge in [-0.25, -0.2) is 4.79 Å². The maximum Gasteiger partial charge on any atom is 0.326 e. The number of nitrogens with one attached hydrogen (secondary N) is 1. The van der Waals surface area contributed by atoms with E-state index in [9.17, 15) is 14.7 Å². The maximum absolute atomic E-state index is 13.4. The lowest BCUT2D eigenvalue weighted by molar-refractivity contribution is -0.139. The molecule has 1 amide bonds. The Morgan fingerprint density at radius 1 is 1.03 bits per heavy atom. The summed E-state index contributed by atoms with van der Waals surface area (Å²) in [6.07, 6.45) is 3.30. The zero-order chi connectivity index (χ0) is 27.9. The maximum atomic E-state index is 13.4. The van der Waals surface area contributed by atoms with Gasteiger partial charge in [-0.2, -0.15) is 11.8 Å². The van der Waals surface area contributed by atoms with Crippen LogP contribution in [0.2, 0.25) is 5.02 Å². The van der Waals surface area contributed by atoms with Crippen LogP contribution in [0.4, 0.5) is 0 Å². The summed E-state index contributed by atoms with van der Waals surface area (Å²) < 4.78 is 11.8. The molecule has 8 heteroatoms. The standard InChI is InChI=1S/C31H30ClNO5S/c1-19-6-4-5-7-23(19)26-18-21(10-13-25(26)30(34)33-27(31(35)36)15-17-39-3)28(37-2)29-24(14-16-38-29)20-8-11-22(32)12-9-20/h4-14,16,18,27-28H,15,17H2,1-3H3,(H,33,34)(H,35,36). The van der Waals surface area contributed by atoms with Crippen LogP contribution in [-0.4, -0.2) is 42.1 Å². The van der Waals surface area contributed by atoms with Gasteiger partial charge in [0.1, 0.15) is 17.9 Å². The van der Waals surface area contributed by atoms with Crippen LogP contribution in [0, 0.1) is 6.92 Å². The fourth-order valence-corrected chi connectivity index (χ4v) is 5.13. The molecule has 0 saturated heterocycles. The molecule has 0 fully saturated rings. The fourth-order valence-electron chi connectivity index (χ4n) is 4.54. The first-order chi connectivity index (χ1) is 18.8. The molecule has 1 aromatic heterocycles. The van der Waals surface area contributed by atoms with Gasteiger partial charge in [-0.05, 0) is 83.5 Å². The van der Waals surface area contributed by atoms with E-state index in [2.05, 4.69) is 5.32 Å². The van der Waals surface area contributed by atoms with E-state index >= 15 is 0 Å². The van der Waals surface area contributed by atoms with Crippen molar-refractivity contribution in [2.24, 2.45) is 0 Å². The van der Waals surface area contributed by atoms with Crippen LogP contribution in [-0.2, 0) is 9.53 Å². The van der Waals surface area contributed by atoms with Gasteiger partial charge < -0.3 is 19.6 Å². The smallest absolute Gasteiger partial charge is 0.326 e. The number of aliphatic carboxylic acids is 1. The average Bonchev–Trinajstić information content (AvgIpc) is 3.41. The molecular formula is C31H30ClNO5S. The number of aryl methyl sites for hydroxylation is 1. The molecule has 0 bridgehead atoms. The Balaban J connectivity index is 1.78. The second-order valence-electron chi connectivity index (χ2n) is 9.09. The van der Waals surface area contributed by atoms with Crippen molar-refractivity contribution in [3.8, 4) is 22.3 Å². The number of carbonyl (C=O) groups excluding carboxylic acids is 1. The predicted octanol–water partition coefficient (Wildman–Crippen LogP) is 7.25. The highest BCUT2D eigenvalue weighted by Crippen LogP contribution is 2.38. The number of amides is 1. The highest BCUT2D eigenvalue weighted by atomic mass is 35.5. The summed E-state index contributed by atoms with van der Waals surface area (Å²) in [4.78, 5) is 25.2. The van der Waals surface area contributed by atoms with Crippen LogP contribution in [0.1, 0.15) is 39.8 Å². The van der Waals surface area contributed by atoms with E-state index in [0.29, 0.717) is 34.1 Å². The predicted molar refractivity (Wildman–Crippen MR) is 157 cm³/mol. The van der Waals surface area contributed by atoms with Crippen LogP contribution < -0.4 is 5.32 Å². The number of thioether (sulfide) groups is 1. The monoisotopic (exact) mass is 563 g/mol. The Labute approximate surface area is 237 Å². The molecule has 4 rings (SSSR count). The van der Waals surface area contributed by atoms with Crippen molar-refractivity contribution >= 4 is 35.2 Å². The van der Waals surface area contributed by atoms with Gasteiger partial charge in [0.25, 0.3) is 5.91 Å². The molecule has 0 aliphatic carbocycles. The van der Waals surface area contributed by atoms with Gasteiger partial charge in [-0.1, -0.05) is 54.1 Å². The number of hydrogen-bond donors (Lipinski definition) is 2. The molecular weight excluding hydrogens is 534 g/mol. The number of benzene rings is 3. The Morgan fingerprint density at radius 2 is 1.77 bits per heavy atom. The number of hydrogen-bond acceptors (Lipinski definition) is 5. The third kappa shape index (κ3) is 6.56. The molecule has 202 valence electrons. The second kappa shape index (κ2) is 13.0. The first-order valence-corrected chi connectivity index (χ1v) is 14.2. The molecule has 4 aromatic rings. The van der Waals surface area contributed by atoms with E-state index in [0.717, 1.165) is 27.8 Å². The van der Waals surface area contributed by atoms with E-state index in [1.54, 1.807) is 19.4 Å². The normalized spacial score (nSPS) is 12.6. The molecule has 0 aliphatic heterocycles. The third-order valence-corrected chi connectivity index (χ3v) is 7.46. The topological polar surface area (TPSA) is 88.8 Å². The molecule has 1 heterocycles. The first-order valence-electron chi connectivity index (χ1n) is 12.4. The Bertz CT molecular complexity index is 1450. The highest BCUT2D eigenvalue weighted by Gasteiger charge is 2.26. The van der Waals surface area contributed by atoms with Crippen molar-refractivity contribution in [1.29, 1.82) is 0 Å². The van der Waals surface area contributed by atoms with Crippen molar-refractivity contribution in [1.82, 2.24) is 5.32 Å². The Kier molecular flexibility index (Phi) is 9.51. The average molecular weight is 564 g/mol. The quantitative estimate of drug-likeness (QED) is 0.200. The van der Waals surface area contributed by atoms with E-state index in [-0.39, 0.29) is 0 Å². The first kappa shape index (κ1) is 28.5. The lowest BCUT2D eigenvalue weighted by atomic mass is 9.91. The summed E-state index contributed by atoms with van der Waals surface area (Å²) in [5.41, 5.74) is 5.51. The van der Waals surface area contributed by atoms with Crippen LogP contribution in [0.15, 0.2) is 83.5 Å². The number of carboxylic acid groups (broad SMARTS) is 1. The van der Waals surface area contributed by atoms with Crippen molar-refractivity contribution < 1.29 is 23.8 Å². The molecule has 0 aliphatic rings. The summed E-state index contributed by atoms with van der Waals surface area (Å²) in [6.45, 7) is 1.97. The molecule has 6 nitrogen and oxygen atoms in total. The SMILES string of the molecule is COC(c1ccc(C(=O)NC(CCSC)C(=O)O)c(-c2ccccc2C)c1)c1occc1-c1ccc(Cl)cc1. The number of carboxylic acids is 1. The summed E-state index contributed by atoms with van der Waals surface area (Å²) >= 11 is 7.62. The largest absolute Gasteiger partial charge is 0.480 e. The summed E-state index contributed by atoms with van der Waals surface area (Å²) in [7, 11) is 1.61. The lowest BCUT2D eigenvalue weighted by Crippen LogP contribution is -2.41. The third-order valence-electron chi connectivity index (χ3n) is 6.56. The summed E-state index contributed by atoms with van der Waals surface area (Å²) in [5, 5.41) is 13.0. The van der Waals surface area contributed by atoms with Gasteiger partial charge in [0, 0.05) is 23.3 Å². The summed E-state index contributed by atoms with van der Waals surface area (Å²) in [6, 6.07) is 21.6. The Hall–Kier alpha value is -3.52. The van der Waals surface area contributed by atoms with Crippen molar-refractivity contribution in [2.45, 2.75) is 25.5 Å². The molecule has 0 radical (unpaired) electrons. The minimum atomic E-state index is -1.06. The van der Waals surface area contributed by atoms with Crippen LogP contribution in [0.25, 0.3) is 22.3 Å². The Morgan fingerprint density at radius 3 is 2.44 bits per heavy atom. The van der Waals surface area contributed by atoms with Crippen LogP contribution >= 0.6 is 23.4 Å². The number of methoxy groups -OCH3 is 1. The second-order valence-corrected chi connectivity index (χ2v) is 10.5.